The number of aromatic nitrogens is 2. The van der Waals surface area contributed by atoms with Crippen LogP contribution in [0.15, 0.2) is 33.9 Å². The second kappa shape index (κ2) is 8.52. The maximum Gasteiger partial charge on any atom is 0.250 e. The van der Waals surface area contributed by atoms with E-state index in [4.69, 9.17) is 0 Å². The number of hydrogen-bond donors (Lipinski definition) is 1. The van der Waals surface area contributed by atoms with E-state index in [0.717, 1.165) is 75.0 Å². The molecule has 5 heterocycles. The summed E-state index contributed by atoms with van der Waals surface area (Å²) in [4.78, 5) is 29.7. The summed E-state index contributed by atoms with van der Waals surface area (Å²) in [6.07, 6.45) is 3.44. The third-order valence-corrected chi connectivity index (χ3v) is 7.83. The zero-order valence-electron chi connectivity index (χ0n) is 19.2. The number of hydrogen-bond acceptors (Lipinski definition) is 5. The maximum atomic E-state index is 12.6. The van der Waals surface area contributed by atoms with Crippen molar-refractivity contribution in [2.24, 2.45) is 18.9 Å². The first-order valence-corrected chi connectivity index (χ1v) is 11.9. The molecule has 0 unspecified atom stereocenters. The highest BCUT2D eigenvalue weighted by Gasteiger charge is 2.34. The lowest BCUT2D eigenvalue weighted by Crippen LogP contribution is -2.47. The van der Waals surface area contributed by atoms with Gasteiger partial charge in [-0.25, -0.2) is 0 Å². The number of aromatic hydroxyl groups is 1. The summed E-state index contributed by atoms with van der Waals surface area (Å²) in [5.74, 6) is 1.43. The lowest BCUT2D eigenvalue weighted by atomic mass is 9.83. The molecule has 0 radical (unpaired) electrons. The first-order valence-electron chi connectivity index (χ1n) is 11.9. The molecule has 1 N–H and O–H groups in total. The van der Waals surface area contributed by atoms with Crippen molar-refractivity contribution in [2.45, 2.75) is 51.7 Å². The Kier molecular flexibility index (Phi) is 5.72. The minimum absolute atomic E-state index is 0.100. The molecule has 0 saturated carbocycles. The van der Waals surface area contributed by atoms with Gasteiger partial charge in [-0.2, -0.15) is 0 Å². The largest absolute Gasteiger partial charge is 0.503 e. The van der Waals surface area contributed by atoms with Gasteiger partial charge in [-0.05, 0) is 50.3 Å². The van der Waals surface area contributed by atoms with Crippen LogP contribution in [-0.4, -0.2) is 50.2 Å². The van der Waals surface area contributed by atoms with E-state index < -0.39 is 0 Å². The summed E-state index contributed by atoms with van der Waals surface area (Å²) in [7, 11) is 1.97. The Bertz CT molecular complexity index is 1110. The van der Waals surface area contributed by atoms with Crippen molar-refractivity contribution in [1.29, 1.82) is 0 Å². The van der Waals surface area contributed by atoms with Crippen molar-refractivity contribution in [2.75, 3.05) is 26.2 Å². The molecule has 2 saturated heterocycles. The molecule has 2 atom stereocenters. The Labute approximate surface area is 188 Å². The molecule has 0 spiro atoms. The first kappa shape index (κ1) is 21.5. The number of fused-ring (bicyclic) bond motifs is 4. The Morgan fingerprint density at radius 3 is 2.59 bits per heavy atom. The Balaban J connectivity index is 1.36. The smallest absolute Gasteiger partial charge is 0.250 e. The van der Waals surface area contributed by atoms with Crippen LogP contribution in [0.4, 0.5) is 0 Å². The predicted molar refractivity (Wildman–Crippen MR) is 124 cm³/mol. The van der Waals surface area contributed by atoms with Crippen molar-refractivity contribution < 1.29 is 5.11 Å². The van der Waals surface area contributed by atoms with E-state index in [1.165, 1.54) is 0 Å². The molecule has 0 aliphatic carbocycles. The molecule has 172 valence electrons. The quantitative estimate of drug-likeness (QED) is 0.792. The highest BCUT2D eigenvalue weighted by atomic mass is 16.3. The molecule has 7 heteroatoms. The fourth-order valence-electron chi connectivity index (χ4n) is 5.91. The van der Waals surface area contributed by atoms with Gasteiger partial charge in [-0.1, -0.05) is 13.0 Å². The summed E-state index contributed by atoms with van der Waals surface area (Å²) in [5.41, 5.74) is 2.61. The highest BCUT2D eigenvalue weighted by Crippen LogP contribution is 2.35. The number of nitrogens with zero attached hydrogens (tertiary/aromatic N) is 4. The van der Waals surface area contributed by atoms with Crippen LogP contribution < -0.4 is 11.0 Å². The summed E-state index contributed by atoms with van der Waals surface area (Å²) in [5, 5.41) is 10.6. The van der Waals surface area contributed by atoms with Gasteiger partial charge in [0.25, 0.3) is 5.56 Å². The molecular formula is C25H34N4O3. The molecule has 3 aliphatic rings. The van der Waals surface area contributed by atoms with Gasteiger partial charge in [-0.3, -0.25) is 19.4 Å². The van der Waals surface area contributed by atoms with Crippen molar-refractivity contribution in [3.05, 3.63) is 61.9 Å². The Morgan fingerprint density at radius 2 is 1.81 bits per heavy atom. The molecule has 2 aromatic rings. The molecule has 2 aromatic heterocycles. The fraction of sp³-hybridized carbons (Fsp3) is 0.600. The van der Waals surface area contributed by atoms with Crippen LogP contribution in [0, 0.1) is 11.8 Å². The second-order valence-electron chi connectivity index (χ2n) is 10.2. The van der Waals surface area contributed by atoms with Crippen LogP contribution in [0.1, 0.15) is 49.2 Å². The Morgan fingerprint density at radius 1 is 1.03 bits per heavy atom. The molecule has 2 fully saturated rings. The van der Waals surface area contributed by atoms with Crippen LogP contribution in [-0.2, 0) is 26.7 Å². The molecule has 0 amide bonds. The summed E-state index contributed by atoms with van der Waals surface area (Å²) < 4.78 is 3.97. The van der Waals surface area contributed by atoms with E-state index in [0.29, 0.717) is 24.9 Å². The van der Waals surface area contributed by atoms with E-state index >= 15 is 0 Å². The summed E-state index contributed by atoms with van der Waals surface area (Å²) >= 11 is 0. The van der Waals surface area contributed by atoms with E-state index in [2.05, 4.69) is 22.8 Å². The Hall–Kier alpha value is -2.38. The first-order chi connectivity index (χ1) is 15.4. The van der Waals surface area contributed by atoms with Crippen LogP contribution >= 0.6 is 0 Å². The van der Waals surface area contributed by atoms with Crippen LogP contribution in [0.25, 0.3) is 0 Å². The highest BCUT2D eigenvalue weighted by molar-refractivity contribution is 5.30. The zero-order chi connectivity index (χ0) is 22.4. The average Bonchev–Trinajstić information content (AvgIpc) is 2.77. The van der Waals surface area contributed by atoms with E-state index in [9.17, 15) is 14.7 Å². The SMILES string of the molecule is CC1CCN(Cc2c(O)c(=O)cc(CN3C[C@H]4C[C@@H](C3)c3cccc(=O)n3C4)n2C)CC1. The normalized spacial score (nSPS) is 24.4. The number of pyridine rings is 2. The maximum absolute atomic E-state index is 12.6. The predicted octanol–water partition coefficient (Wildman–Crippen LogP) is 2.10. The number of piperidine rings is 2. The molecule has 32 heavy (non-hydrogen) atoms. The van der Waals surface area contributed by atoms with Gasteiger partial charge in [0, 0.05) is 69.2 Å². The van der Waals surface area contributed by atoms with Gasteiger partial charge in [0.1, 0.15) is 0 Å². The van der Waals surface area contributed by atoms with Crippen molar-refractivity contribution in [1.82, 2.24) is 18.9 Å². The summed E-state index contributed by atoms with van der Waals surface area (Å²) in [6.45, 7) is 8.17. The van der Waals surface area contributed by atoms with Crippen LogP contribution in [0.5, 0.6) is 5.75 Å². The summed E-state index contributed by atoms with van der Waals surface area (Å²) in [6, 6.07) is 7.20. The zero-order valence-corrected chi connectivity index (χ0v) is 19.2. The topological polar surface area (TPSA) is 70.7 Å². The van der Waals surface area contributed by atoms with E-state index in [-0.39, 0.29) is 16.7 Å². The lowest BCUT2D eigenvalue weighted by molar-refractivity contribution is 0.111. The van der Waals surface area contributed by atoms with E-state index in [1.54, 1.807) is 12.1 Å². The van der Waals surface area contributed by atoms with Gasteiger partial charge < -0.3 is 14.2 Å². The lowest BCUT2D eigenvalue weighted by Gasteiger charge is -2.43. The van der Waals surface area contributed by atoms with Gasteiger partial charge in [-0.15, -0.1) is 0 Å². The monoisotopic (exact) mass is 438 g/mol. The molecular weight excluding hydrogens is 404 g/mol. The van der Waals surface area contributed by atoms with Gasteiger partial charge in [0.15, 0.2) is 5.75 Å². The van der Waals surface area contributed by atoms with Crippen molar-refractivity contribution in [3.63, 3.8) is 0 Å². The molecule has 7 nitrogen and oxygen atoms in total. The van der Waals surface area contributed by atoms with Crippen molar-refractivity contribution >= 4 is 0 Å². The molecule has 2 bridgehead atoms. The minimum Gasteiger partial charge on any atom is -0.503 e. The number of rotatable bonds is 4. The molecule has 0 aromatic carbocycles. The third kappa shape index (κ3) is 4.04. The van der Waals surface area contributed by atoms with Gasteiger partial charge >= 0.3 is 0 Å². The number of likely N-dealkylation sites (tertiary alicyclic amines) is 2. The van der Waals surface area contributed by atoms with Gasteiger partial charge in [0.2, 0.25) is 5.43 Å². The van der Waals surface area contributed by atoms with Crippen LogP contribution in [0.2, 0.25) is 0 Å². The standard InChI is InChI=1S/C25H34N4O3/c1-17-6-8-27(9-7-17)16-22-25(32)23(30)11-20(26(22)2)15-28-12-18-10-19(14-28)21-4-3-5-24(31)29(21)13-18/h3-5,11,17-19,32H,6-10,12-16H2,1-2H3/t18-,19+/m1/s1. The molecule has 5 rings (SSSR count). The van der Waals surface area contributed by atoms with Gasteiger partial charge in [0.05, 0.1) is 5.69 Å². The van der Waals surface area contributed by atoms with E-state index in [1.807, 2.05) is 22.2 Å². The fourth-order valence-corrected chi connectivity index (χ4v) is 5.91. The third-order valence-electron chi connectivity index (χ3n) is 7.83. The molecule has 3 aliphatic heterocycles. The minimum atomic E-state index is -0.285. The average molecular weight is 439 g/mol. The van der Waals surface area contributed by atoms with Crippen molar-refractivity contribution in [3.8, 4) is 5.75 Å². The van der Waals surface area contributed by atoms with Crippen LogP contribution in [0.3, 0.4) is 0 Å². The second-order valence-corrected chi connectivity index (χ2v) is 10.2.